The average Bonchev–Trinajstić information content (AvgIpc) is 2.87. The maximum atomic E-state index is 3.47. The van der Waals surface area contributed by atoms with Crippen LogP contribution >= 0.6 is 27.3 Å². The van der Waals surface area contributed by atoms with Crippen LogP contribution in [0.1, 0.15) is 18.7 Å². The summed E-state index contributed by atoms with van der Waals surface area (Å²) < 4.78 is 1.12. The average molecular weight is 350 g/mol. The van der Waals surface area contributed by atoms with E-state index in [0.29, 0.717) is 5.92 Å². The van der Waals surface area contributed by atoms with Crippen molar-refractivity contribution in [3.8, 4) is 10.4 Å². The molecule has 0 bridgehead atoms. The molecule has 1 aromatic heterocycles. The van der Waals surface area contributed by atoms with E-state index in [9.17, 15) is 0 Å². The van der Waals surface area contributed by atoms with Gasteiger partial charge in [0, 0.05) is 20.8 Å². The van der Waals surface area contributed by atoms with Crippen LogP contribution in [0, 0.1) is 5.92 Å². The molecule has 2 aromatic rings. The molecular weight excluding hydrogens is 330 g/mol. The van der Waals surface area contributed by atoms with Crippen LogP contribution in [0.2, 0.25) is 0 Å². The van der Waals surface area contributed by atoms with E-state index >= 15 is 0 Å². The van der Waals surface area contributed by atoms with Gasteiger partial charge in [0.25, 0.3) is 0 Å². The van der Waals surface area contributed by atoms with E-state index in [1.807, 2.05) is 11.3 Å². The Labute approximate surface area is 133 Å². The summed E-state index contributed by atoms with van der Waals surface area (Å²) in [7, 11) is 0. The second kappa shape index (κ2) is 7.77. The molecule has 0 unspecified atom stereocenters. The Morgan fingerprint density at radius 3 is 2.60 bits per heavy atom. The number of thiophene rings is 1. The van der Waals surface area contributed by atoms with Crippen LogP contribution in [0.3, 0.4) is 0 Å². The lowest BCUT2D eigenvalue weighted by molar-refractivity contribution is 0.577. The molecule has 0 fully saturated rings. The summed E-state index contributed by atoms with van der Waals surface area (Å²) in [5, 5.41) is 3.41. The van der Waals surface area contributed by atoms with Crippen molar-refractivity contribution in [3.05, 3.63) is 51.8 Å². The first-order valence-electron chi connectivity index (χ1n) is 6.88. The van der Waals surface area contributed by atoms with Gasteiger partial charge in [-0.1, -0.05) is 48.0 Å². The summed E-state index contributed by atoms with van der Waals surface area (Å²) in [6, 6.07) is 12.8. The molecule has 0 aliphatic heterocycles. The molecule has 1 nitrogen and oxygen atoms in total. The molecule has 0 aliphatic carbocycles. The normalized spacial score (nSPS) is 11.6. The smallest absolute Gasteiger partial charge is 0.0349 e. The summed E-state index contributed by atoms with van der Waals surface area (Å²) in [5.41, 5.74) is 1.27. The highest BCUT2D eigenvalue weighted by molar-refractivity contribution is 9.10. The molecule has 0 saturated carbocycles. The summed E-state index contributed by atoms with van der Waals surface area (Å²) >= 11 is 5.29. The summed E-state index contributed by atoms with van der Waals surface area (Å²) in [6.45, 7) is 6.45. The molecule has 0 amide bonds. The zero-order valence-corrected chi connectivity index (χ0v) is 14.3. The molecule has 2 rings (SSSR count). The topological polar surface area (TPSA) is 12.0 Å². The molecule has 0 spiro atoms. The molecule has 1 aromatic carbocycles. The van der Waals surface area contributed by atoms with Crippen molar-refractivity contribution in [1.82, 2.24) is 5.32 Å². The van der Waals surface area contributed by atoms with E-state index in [1.54, 1.807) is 0 Å². The molecule has 106 valence electrons. The highest BCUT2D eigenvalue weighted by atomic mass is 79.9. The van der Waals surface area contributed by atoms with Crippen molar-refractivity contribution in [2.24, 2.45) is 5.92 Å². The third kappa shape index (κ3) is 4.89. The van der Waals surface area contributed by atoms with Crippen LogP contribution in [-0.4, -0.2) is 13.1 Å². The Kier molecular flexibility index (Phi) is 6.02. The lowest BCUT2D eigenvalue weighted by Gasteiger charge is -2.03. The molecule has 3 heteroatoms. The third-order valence-corrected chi connectivity index (χ3v) is 4.48. The maximum Gasteiger partial charge on any atom is 0.0349 e. The Morgan fingerprint density at radius 2 is 1.90 bits per heavy atom. The standard InChI is InChI=1S/C17H20BrNS/c1-13(2)12-19-11-3-4-16-9-10-17(20-16)14-5-7-15(18)8-6-14/h3-10,13,19H,11-12H2,1-2H3. The first-order valence-corrected chi connectivity index (χ1v) is 8.49. The second-order valence-electron chi connectivity index (χ2n) is 5.16. The van der Waals surface area contributed by atoms with Crippen molar-refractivity contribution >= 4 is 33.3 Å². The molecule has 1 heterocycles. The van der Waals surface area contributed by atoms with Gasteiger partial charge in [-0.3, -0.25) is 0 Å². The van der Waals surface area contributed by atoms with Crippen molar-refractivity contribution in [1.29, 1.82) is 0 Å². The van der Waals surface area contributed by atoms with Crippen LogP contribution in [-0.2, 0) is 0 Å². The van der Waals surface area contributed by atoms with E-state index in [4.69, 9.17) is 0 Å². The van der Waals surface area contributed by atoms with Crippen LogP contribution in [0.25, 0.3) is 16.5 Å². The molecule has 0 aliphatic rings. The predicted molar refractivity (Wildman–Crippen MR) is 94.2 cm³/mol. The van der Waals surface area contributed by atoms with Crippen LogP contribution < -0.4 is 5.32 Å². The quantitative estimate of drug-likeness (QED) is 0.685. The lowest BCUT2D eigenvalue weighted by atomic mass is 10.2. The minimum Gasteiger partial charge on any atom is -0.313 e. The summed E-state index contributed by atoms with van der Waals surface area (Å²) in [5.74, 6) is 0.703. The zero-order chi connectivity index (χ0) is 14.4. The second-order valence-corrected chi connectivity index (χ2v) is 7.19. The Morgan fingerprint density at radius 1 is 1.15 bits per heavy atom. The number of halogens is 1. The van der Waals surface area contributed by atoms with E-state index in [2.05, 4.69) is 83.6 Å². The minimum absolute atomic E-state index is 0.703. The number of rotatable bonds is 6. The van der Waals surface area contributed by atoms with Crippen LogP contribution in [0.5, 0.6) is 0 Å². The molecule has 20 heavy (non-hydrogen) atoms. The number of benzene rings is 1. The van der Waals surface area contributed by atoms with Gasteiger partial charge in [0.05, 0.1) is 0 Å². The highest BCUT2D eigenvalue weighted by Crippen LogP contribution is 2.29. The van der Waals surface area contributed by atoms with E-state index in [1.165, 1.54) is 15.3 Å². The van der Waals surface area contributed by atoms with E-state index in [0.717, 1.165) is 17.6 Å². The third-order valence-electron chi connectivity index (χ3n) is 2.85. The number of hydrogen-bond acceptors (Lipinski definition) is 2. The van der Waals surface area contributed by atoms with Gasteiger partial charge in [0.15, 0.2) is 0 Å². The van der Waals surface area contributed by atoms with Gasteiger partial charge >= 0.3 is 0 Å². The fraction of sp³-hybridized carbons (Fsp3) is 0.294. The van der Waals surface area contributed by atoms with Gasteiger partial charge < -0.3 is 5.32 Å². The molecule has 0 saturated heterocycles. The molecule has 1 N–H and O–H groups in total. The minimum atomic E-state index is 0.703. The van der Waals surface area contributed by atoms with E-state index in [-0.39, 0.29) is 0 Å². The van der Waals surface area contributed by atoms with Crippen molar-refractivity contribution in [3.63, 3.8) is 0 Å². The lowest BCUT2D eigenvalue weighted by Crippen LogP contribution is -2.19. The SMILES string of the molecule is CC(C)CNCC=Cc1ccc(-c2ccc(Br)cc2)s1. The molecular formula is C17H20BrNS. The largest absolute Gasteiger partial charge is 0.313 e. The van der Waals surface area contributed by atoms with Gasteiger partial charge in [-0.2, -0.15) is 0 Å². The van der Waals surface area contributed by atoms with Crippen LogP contribution in [0.4, 0.5) is 0 Å². The maximum absolute atomic E-state index is 3.47. The Hall–Kier alpha value is -0.900. The fourth-order valence-electron chi connectivity index (χ4n) is 1.84. The number of hydrogen-bond donors (Lipinski definition) is 1. The molecule has 0 atom stereocenters. The summed E-state index contributed by atoms with van der Waals surface area (Å²) in [6.07, 6.45) is 4.39. The Bertz CT molecular complexity index is 555. The van der Waals surface area contributed by atoms with E-state index < -0.39 is 0 Å². The monoisotopic (exact) mass is 349 g/mol. The summed E-state index contributed by atoms with van der Waals surface area (Å²) in [4.78, 5) is 2.61. The van der Waals surface area contributed by atoms with Gasteiger partial charge in [-0.15, -0.1) is 11.3 Å². The predicted octanol–water partition coefficient (Wildman–Crippen LogP) is 5.44. The number of nitrogens with one attached hydrogen (secondary N) is 1. The molecule has 0 radical (unpaired) electrons. The van der Waals surface area contributed by atoms with Gasteiger partial charge in [0.2, 0.25) is 0 Å². The first kappa shape index (κ1) is 15.5. The van der Waals surface area contributed by atoms with Crippen molar-refractivity contribution < 1.29 is 0 Å². The van der Waals surface area contributed by atoms with Gasteiger partial charge in [0.1, 0.15) is 0 Å². The Balaban J connectivity index is 1.92. The van der Waals surface area contributed by atoms with Gasteiger partial charge in [-0.05, 0) is 48.4 Å². The van der Waals surface area contributed by atoms with Gasteiger partial charge in [-0.25, -0.2) is 0 Å². The highest BCUT2D eigenvalue weighted by Gasteiger charge is 2.00. The van der Waals surface area contributed by atoms with Crippen molar-refractivity contribution in [2.45, 2.75) is 13.8 Å². The fourth-order valence-corrected chi connectivity index (χ4v) is 3.05. The van der Waals surface area contributed by atoms with Crippen molar-refractivity contribution in [2.75, 3.05) is 13.1 Å². The first-order chi connectivity index (χ1) is 9.65. The van der Waals surface area contributed by atoms with Crippen LogP contribution in [0.15, 0.2) is 46.9 Å². The zero-order valence-electron chi connectivity index (χ0n) is 11.9.